The lowest BCUT2D eigenvalue weighted by Gasteiger charge is -2.28. The minimum Gasteiger partial charge on any atom is -0.310 e. The van der Waals surface area contributed by atoms with Crippen LogP contribution in [0.1, 0.15) is 25.0 Å². The van der Waals surface area contributed by atoms with Gasteiger partial charge in [-0.1, -0.05) is 178 Å². The number of rotatable bonds is 5. The van der Waals surface area contributed by atoms with Crippen LogP contribution >= 0.6 is 0 Å². The summed E-state index contributed by atoms with van der Waals surface area (Å²) in [6.07, 6.45) is 0. The van der Waals surface area contributed by atoms with Crippen LogP contribution in [-0.4, -0.2) is 4.57 Å². The Hall–Kier alpha value is -7.94. The summed E-state index contributed by atoms with van der Waals surface area (Å²) in [5, 5.41) is 5.08. The molecule has 10 aromatic carbocycles. The Morgan fingerprint density at radius 1 is 0.381 bits per heavy atom. The van der Waals surface area contributed by atoms with E-state index in [0.717, 1.165) is 22.7 Å². The topological polar surface area (TPSA) is 8.17 Å². The summed E-state index contributed by atoms with van der Waals surface area (Å²) in [6, 6.07) is 81.0. The third-order valence-corrected chi connectivity index (χ3v) is 13.9. The second-order valence-corrected chi connectivity index (χ2v) is 17.7. The maximum absolute atomic E-state index is 2.51. The van der Waals surface area contributed by atoms with Gasteiger partial charge in [0.2, 0.25) is 0 Å². The average molecular weight is 803 g/mol. The van der Waals surface area contributed by atoms with Gasteiger partial charge in [0.25, 0.3) is 0 Å². The van der Waals surface area contributed by atoms with Crippen LogP contribution in [-0.2, 0) is 5.41 Å². The summed E-state index contributed by atoms with van der Waals surface area (Å²) < 4.78 is 2.51. The molecule has 2 nitrogen and oxygen atoms in total. The highest BCUT2D eigenvalue weighted by molar-refractivity contribution is 6.22. The summed E-state index contributed by atoms with van der Waals surface area (Å²) in [4.78, 5) is 2.42. The molecule has 11 aromatic rings. The van der Waals surface area contributed by atoms with Crippen LogP contribution in [0.4, 0.5) is 17.1 Å². The van der Waals surface area contributed by atoms with Gasteiger partial charge in [-0.05, 0) is 127 Å². The fraction of sp³-hybridized carbons (Fsp3) is 0.0492. The molecule has 0 amide bonds. The predicted octanol–water partition coefficient (Wildman–Crippen LogP) is 16.7. The molecule has 0 aliphatic heterocycles. The molecule has 2 heteroatoms. The minimum absolute atomic E-state index is 0.116. The maximum atomic E-state index is 2.51. The first-order valence-corrected chi connectivity index (χ1v) is 22.0. The monoisotopic (exact) mass is 802 g/mol. The van der Waals surface area contributed by atoms with Crippen LogP contribution in [0.5, 0.6) is 0 Å². The van der Waals surface area contributed by atoms with Crippen molar-refractivity contribution in [2.75, 3.05) is 4.90 Å². The Morgan fingerprint density at radius 3 is 1.73 bits per heavy atom. The quantitative estimate of drug-likeness (QED) is 0.168. The lowest BCUT2D eigenvalue weighted by atomic mass is 9.82. The van der Waals surface area contributed by atoms with Crippen LogP contribution in [0, 0.1) is 0 Å². The molecule has 2 aliphatic carbocycles. The van der Waals surface area contributed by atoms with Gasteiger partial charge in [-0.2, -0.15) is 0 Å². The molecule has 0 radical (unpaired) electrons. The first-order valence-electron chi connectivity index (χ1n) is 22.0. The van der Waals surface area contributed by atoms with E-state index in [1.54, 1.807) is 0 Å². The number of aromatic nitrogens is 1. The number of hydrogen-bond donors (Lipinski definition) is 0. The van der Waals surface area contributed by atoms with Gasteiger partial charge in [0.15, 0.2) is 0 Å². The fourth-order valence-electron chi connectivity index (χ4n) is 11.0. The van der Waals surface area contributed by atoms with Gasteiger partial charge >= 0.3 is 0 Å². The highest BCUT2D eigenvalue weighted by Crippen LogP contribution is 2.53. The first kappa shape index (κ1) is 35.8. The lowest BCUT2D eigenvalue weighted by molar-refractivity contribution is 0.660. The summed E-state index contributed by atoms with van der Waals surface area (Å²) in [7, 11) is 0. The molecule has 296 valence electrons. The van der Waals surface area contributed by atoms with Crippen molar-refractivity contribution in [2.24, 2.45) is 0 Å². The van der Waals surface area contributed by atoms with E-state index >= 15 is 0 Å². The molecule has 0 unspecified atom stereocenters. The van der Waals surface area contributed by atoms with E-state index in [2.05, 4.69) is 242 Å². The lowest BCUT2D eigenvalue weighted by Crippen LogP contribution is -2.16. The summed E-state index contributed by atoms with van der Waals surface area (Å²) in [6.45, 7) is 4.72. The Kier molecular flexibility index (Phi) is 7.68. The van der Waals surface area contributed by atoms with E-state index < -0.39 is 0 Å². The normalized spacial score (nSPS) is 13.0. The van der Waals surface area contributed by atoms with Gasteiger partial charge in [0.1, 0.15) is 0 Å². The molecule has 2 aliphatic rings. The molecular weight excluding hydrogens is 761 g/mol. The summed E-state index contributed by atoms with van der Waals surface area (Å²) in [5.41, 5.74) is 22.2. The number of anilines is 3. The van der Waals surface area contributed by atoms with Crippen LogP contribution in [0.2, 0.25) is 0 Å². The van der Waals surface area contributed by atoms with Gasteiger partial charge < -0.3 is 9.47 Å². The number of para-hydroxylation sites is 1. The van der Waals surface area contributed by atoms with Crippen molar-refractivity contribution in [3.63, 3.8) is 0 Å². The molecule has 13 rings (SSSR count). The molecule has 0 spiro atoms. The van der Waals surface area contributed by atoms with Crippen molar-refractivity contribution in [3.8, 4) is 61.3 Å². The highest BCUT2D eigenvalue weighted by atomic mass is 15.1. The van der Waals surface area contributed by atoms with Gasteiger partial charge in [0.05, 0.1) is 11.0 Å². The van der Waals surface area contributed by atoms with Crippen molar-refractivity contribution < 1.29 is 0 Å². The molecule has 1 heterocycles. The Bertz CT molecular complexity index is 3620. The van der Waals surface area contributed by atoms with Crippen molar-refractivity contribution in [1.82, 2.24) is 4.57 Å². The Morgan fingerprint density at radius 2 is 0.952 bits per heavy atom. The molecule has 0 N–H and O–H groups in total. The Balaban J connectivity index is 1.01. The third-order valence-electron chi connectivity index (χ3n) is 13.9. The van der Waals surface area contributed by atoms with E-state index in [-0.39, 0.29) is 5.41 Å². The van der Waals surface area contributed by atoms with Gasteiger partial charge in [0, 0.05) is 44.5 Å². The highest BCUT2D eigenvalue weighted by Gasteiger charge is 2.36. The van der Waals surface area contributed by atoms with Gasteiger partial charge in [-0.25, -0.2) is 0 Å². The standard InChI is InChI=1S/C61H42N2/c1-61(2)55-24-10-8-19-47(55)48-35-34-45(38-56(48)61)62(42-28-26-40(27-29-42)39-14-4-3-5-15-39)43-30-32-44(33-31-43)63-57-25-11-9-20-49(57)54-37-36-53-52-23-13-17-41-16-12-22-50(58(41)52)46-18-6-7-21-51(46)59(53)60(54)63/h3-38H,1-2H3. The average Bonchev–Trinajstić information content (AvgIpc) is 3.75. The van der Waals surface area contributed by atoms with Crippen molar-refractivity contribution in [3.05, 3.63) is 230 Å². The first-order chi connectivity index (χ1) is 31.0. The number of fused-ring (bicyclic) bond motifs is 12. The van der Waals surface area contributed by atoms with E-state index in [1.807, 2.05) is 0 Å². The summed E-state index contributed by atoms with van der Waals surface area (Å²) >= 11 is 0. The number of benzene rings is 10. The number of hydrogen-bond acceptors (Lipinski definition) is 1. The third kappa shape index (κ3) is 5.25. The molecule has 1 aromatic heterocycles. The smallest absolute Gasteiger partial charge is 0.0625 e. The van der Waals surface area contributed by atoms with E-state index in [9.17, 15) is 0 Å². The zero-order chi connectivity index (χ0) is 41.8. The SMILES string of the molecule is CC1(C)c2ccccc2-c2ccc(N(c3ccc(-c4ccccc4)cc3)c3ccc(-n4c5ccccc5c5ccc6c(c54)-c4ccccc4-c4cccc5cccc-6c45)cc3)cc21. The van der Waals surface area contributed by atoms with Crippen LogP contribution < -0.4 is 4.90 Å². The zero-order valence-electron chi connectivity index (χ0n) is 35.2. The van der Waals surface area contributed by atoms with Gasteiger partial charge in [-0.3, -0.25) is 0 Å². The van der Waals surface area contributed by atoms with E-state index in [0.29, 0.717) is 0 Å². The molecule has 63 heavy (non-hydrogen) atoms. The van der Waals surface area contributed by atoms with E-state index in [4.69, 9.17) is 0 Å². The summed E-state index contributed by atoms with van der Waals surface area (Å²) in [5.74, 6) is 0. The van der Waals surface area contributed by atoms with Crippen LogP contribution in [0.15, 0.2) is 218 Å². The second-order valence-electron chi connectivity index (χ2n) is 17.7. The predicted molar refractivity (Wildman–Crippen MR) is 266 cm³/mol. The molecule has 0 saturated carbocycles. The van der Waals surface area contributed by atoms with Crippen molar-refractivity contribution >= 4 is 49.6 Å². The largest absolute Gasteiger partial charge is 0.310 e. The zero-order valence-corrected chi connectivity index (χ0v) is 35.2. The van der Waals surface area contributed by atoms with Crippen molar-refractivity contribution in [2.45, 2.75) is 19.3 Å². The fourth-order valence-corrected chi connectivity index (χ4v) is 11.0. The number of nitrogens with zero attached hydrogens (tertiary/aromatic N) is 2. The Labute approximate surface area is 367 Å². The maximum Gasteiger partial charge on any atom is 0.0625 e. The molecule has 0 atom stereocenters. The van der Waals surface area contributed by atoms with Crippen LogP contribution in [0.25, 0.3) is 93.9 Å². The minimum atomic E-state index is -0.116. The van der Waals surface area contributed by atoms with E-state index in [1.165, 1.54) is 99.3 Å². The van der Waals surface area contributed by atoms with Crippen LogP contribution in [0.3, 0.4) is 0 Å². The van der Waals surface area contributed by atoms with Gasteiger partial charge in [-0.15, -0.1) is 0 Å². The molecule has 0 saturated heterocycles. The molecule has 0 fully saturated rings. The van der Waals surface area contributed by atoms with Crippen molar-refractivity contribution in [1.29, 1.82) is 0 Å². The molecule has 0 bridgehead atoms. The molecular formula is C61H42N2. The second kappa shape index (κ2) is 13.5.